The Labute approximate surface area is 126 Å². The van der Waals surface area contributed by atoms with Crippen molar-refractivity contribution in [2.24, 2.45) is 35.5 Å². The maximum atomic E-state index is 5.96. The topological polar surface area (TPSA) is 18.5 Å². The van der Waals surface area contributed by atoms with Gasteiger partial charge in [0.15, 0.2) is 0 Å². The molecule has 1 aliphatic rings. The van der Waals surface area contributed by atoms with Crippen LogP contribution in [-0.2, 0) is 9.47 Å². The first-order chi connectivity index (χ1) is 9.41. The zero-order valence-electron chi connectivity index (χ0n) is 14.5. The zero-order chi connectivity index (χ0) is 15.1. The lowest BCUT2D eigenvalue weighted by Gasteiger charge is -2.40. The Hall–Kier alpha value is -0.0800. The van der Waals surface area contributed by atoms with Gasteiger partial charge in [0.1, 0.15) is 0 Å². The van der Waals surface area contributed by atoms with Crippen molar-refractivity contribution in [3.05, 3.63) is 0 Å². The van der Waals surface area contributed by atoms with E-state index >= 15 is 0 Å². The predicted octanol–water partition coefficient (Wildman–Crippen LogP) is 4.63. The molecule has 0 aliphatic heterocycles. The predicted molar refractivity (Wildman–Crippen MR) is 85.9 cm³/mol. The first-order valence-corrected chi connectivity index (χ1v) is 8.57. The summed E-state index contributed by atoms with van der Waals surface area (Å²) in [6.07, 6.45) is 2.65. The molecule has 4 atom stereocenters. The third kappa shape index (κ3) is 6.13. The Bertz CT molecular complexity index is 250. The second-order valence-corrected chi connectivity index (χ2v) is 7.70. The molecule has 0 amide bonds. The summed E-state index contributed by atoms with van der Waals surface area (Å²) >= 11 is 0. The molecule has 0 spiro atoms. The summed E-state index contributed by atoms with van der Waals surface area (Å²) < 4.78 is 11.9. The fraction of sp³-hybridized carbons (Fsp3) is 1.00. The van der Waals surface area contributed by atoms with E-state index in [-0.39, 0.29) is 0 Å². The Kier molecular flexibility index (Phi) is 8.13. The van der Waals surface area contributed by atoms with Gasteiger partial charge < -0.3 is 9.47 Å². The fourth-order valence-electron chi connectivity index (χ4n) is 3.19. The first kappa shape index (κ1) is 18.0. The van der Waals surface area contributed by atoms with Crippen LogP contribution in [0.25, 0.3) is 0 Å². The van der Waals surface area contributed by atoms with E-state index in [1.165, 1.54) is 12.8 Å². The molecule has 120 valence electrons. The molecule has 0 saturated heterocycles. The molecule has 2 heteroatoms. The summed E-state index contributed by atoms with van der Waals surface area (Å²) in [6, 6.07) is 0. The third-order valence-electron chi connectivity index (χ3n) is 4.72. The van der Waals surface area contributed by atoms with E-state index in [1.807, 2.05) is 0 Å². The second kappa shape index (κ2) is 9.04. The van der Waals surface area contributed by atoms with E-state index in [0.717, 1.165) is 38.3 Å². The van der Waals surface area contributed by atoms with Crippen molar-refractivity contribution in [2.75, 3.05) is 26.4 Å². The lowest BCUT2D eigenvalue weighted by molar-refractivity contribution is -0.0310. The molecular weight excluding hydrogens is 248 g/mol. The second-order valence-electron chi connectivity index (χ2n) is 7.70. The summed E-state index contributed by atoms with van der Waals surface area (Å²) in [6.45, 7) is 17.3. The summed E-state index contributed by atoms with van der Waals surface area (Å²) in [7, 11) is 0. The molecule has 1 fully saturated rings. The van der Waals surface area contributed by atoms with Gasteiger partial charge >= 0.3 is 0 Å². The minimum absolute atomic E-state index is 0.627. The highest BCUT2D eigenvalue weighted by molar-refractivity contribution is 4.83. The average molecular weight is 284 g/mol. The smallest absolute Gasteiger partial charge is 0.0500 e. The van der Waals surface area contributed by atoms with Gasteiger partial charge in [-0.2, -0.15) is 0 Å². The molecule has 0 aromatic rings. The molecule has 0 N–H and O–H groups in total. The fourth-order valence-corrected chi connectivity index (χ4v) is 3.19. The van der Waals surface area contributed by atoms with Gasteiger partial charge in [-0.3, -0.25) is 0 Å². The molecule has 1 saturated carbocycles. The van der Waals surface area contributed by atoms with E-state index in [0.29, 0.717) is 23.7 Å². The molecule has 0 bridgehead atoms. The van der Waals surface area contributed by atoms with Gasteiger partial charge in [-0.15, -0.1) is 0 Å². The number of hydrogen-bond donors (Lipinski definition) is 0. The standard InChI is InChI=1S/C18H36O2/c1-13(2)9-19-11-17-8-7-15(5)16(6)18(17)12-20-10-14(3)4/h13-18H,7-12H2,1-6H3. The van der Waals surface area contributed by atoms with Crippen LogP contribution in [0.15, 0.2) is 0 Å². The van der Waals surface area contributed by atoms with Crippen molar-refractivity contribution in [3.8, 4) is 0 Å². The maximum absolute atomic E-state index is 5.96. The van der Waals surface area contributed by atoms with Crippen molar-refractivity contribution in [3.63, 3.8) is 0 Å². The zero-order valence-corrected chi connectivity index (χ0v) is 14.5. The highest BCUT2D eigenvalue weighted by Crippen LogP contribution is 2.39. The van der Waals surface area contributed by atoms with E-state index < -0.39 is 0 Å². The molecule has 0 radical (unpaired) electrons. The summed E-state index contributed by atoms with van der Waals surface area (Å²) in [5, 5.41) is 0. The van der Waals surface area contributed by atoms with Crippen molar-refractivity contribution in [2.45, 2.75) is 54.4 Å². The normalized spacial score (nSPS) is 31.2. The first-order valence-electron chi connectivity index (χ1n) is 8.57. The molecular formula is C18H36O2. The van der Waals surface area contributed by atoms with Crippen molar-refractivity contribution < 1.29 is 9.47 Å². The van der Waals surface area contributed by atoms with Crippen LogP contribution in [0.1, 0.15) is 54.4 Å². The molecule has 4 unspecified atom stereocenters. The Balaban J connectivity index is 2.45. The lowest BCUT2D eigenvalue weighted by atomic mass is 9.68. The number of ether oxygens (including phenoxy) is 2. The largest absolute Gasteiger partial charge is 0.381 e. The Morgan fingerprint density at radius 3 is 1.95 bits per heavy atom. The molecule has 1 aliphatic carbocycles. The van der Waals surface area contributed by atoms with Crippen LogP contribution in [0, 0.1) is 35.5 Å². The van der Waals surface area contributed by atoms with Gasteiger partial charge in [-0.05, 0) is 41.9 Å². The molecule has 0 aromatic heterocycles. The van der Waals surface area contributed by atoms with Gasteiger partial charge in [0, 0.05) is 19.8 Å². The summed E-state index contributed by atoms with van der Waals surface area (Å²) in [5.41, 5.74) is 0. The van der Waals surface area contributed by atoms with Gasteiger partial charge in [0.25, 0.3) is 0 Å². The minimum Gasteiger partial charge on any atom is -0.381 e. The van der Waals surface area contributed by atoms with Gasteiger partial charge in [-0.1, -0.05) is 48.0 Å². The summed E-state index contributed by atoms with van der Waals surface area (Å²) in [5.74, 6) is 4.19. The molecule has 2 nitrogen and oxygen atoms in total. The van der Waals surface area contributed by atoms with Gasteiger partial charge in [-0.25, -0.2) is 0 Å². The van der Waals surface area contributed by atoms with Crippen LogP contribution < -0.4 is 0 Å². The van der Waals surface area contributed by atoms with E-state index in [4.69, 9.17) is 9.47 Å². The van der Waals surface area contributed by atoms with Crippen LogP contribution in [0.2, 0.25) is 0 Å². The molecule has 1 rings (SSSR count). The average Bonchev–Trinajstić information content (AvgIpc) is 2.36. The molecule has 0 aromatic carbocycles. The Morgan fingerprint density at radius 1 is 0.850 bits per heavy atom. The molecule has 0 heterocycles. The van der Waals surface area contributed by atoms with Crippen molar-refractivity contribution in [1.29, 1.82) is 0 Å². The van der Waals surface area contributed by atoms with Crippen LogP contribution in [0.3, 0.4) is 0 Å². The third-order valence-corrected chi connectivity index (χ3v) is 4.72. The van der Waals surface area contributed by atoms with E-state index in [1.54, 1.807) is 0 Å². The van der Waals surface area contributed by atoms with E-state index in [2.05, 4.69) is 41.5 Å². The highest BCUT2D eigenvalue weighted by atomic mass is 16.5. The minimum atomic E-state index is 0.627. The van der Waals surface area contributed by atoms with Crippen LogP contribution in [0.5, 0.6) is 0 Å². The van der Waals surface area contributed by atoms with Crippen molar-refractivity contribution in [1.82, 2.24) is 0 Å². The molecule has 20 heavy (non-hydrogen) atoms. The van der Waals surface area contributed by atoms with Crippen LogP contribution in [0.4, 0.5) is 0 Å². The SMILES string of the molecule is CC(C)COCC1CCC(C)C(C)C1COCC(C)C. The monoisotopic (exact) mass is 284 g/mol. The van der Waals surface area contributed by atoms with Crippen LogP contribution in [-0.4, -0.2) is 26.4 Å². The van der Waals surface area contributed by atoms with Crippen LogP contribution >= 0.6 is 0 Å². The number of rotatable bonds is 8. The van der Waals surface area contributed by atoms with Crippen molar-refractivity contribution >= 4 is 0 Å². The van der Waals surface area contributed by atoms with E-state index in [9.17, 15) is 0 Å². The van der Waals surface area contributed by atoms with Gasteiger partial charge in [0.2, 0.25) is 0 Å². The van der Waals surface area contributed by atoms with Gasteiger partial charge in [0.05, 0.1) is 6.61 Å². The lowest BCUT2D eigenvalue weighted by Crippen LogP contribution is -2.37. The highest BCUT2D eigenvalue weighted by Gasteiger charge is 2.35. The quantitative estimate of drug-likeness (QED) is 0.647. The maximum Gasteiger partial charge on any atom is 0.0500 e. The Morgan fingerprint density at radius 2 is 1.40 bits per heavy atom. The summed E-state index contributed by atoms with van der Waals surface area (Å²) in [4.78, 5) is 0. The number of hydrogen-bond acceptors (Lipinski definition) is 2.